The van der Waals surface area contributed by atoms with E-state index in [9.17, 15) is 14.0 Å². The fraction of sp³-hybridized carbons (Fsp3) is 0.100. The molecule has 0 aliphatic heterocycles. The first-order valence-electron chi connectivity index (χ1n) is 8.82. The highest BCUT2D eigenvalue weighted by molar-refractivity contribution is 5.93. The fourth-order valence-electron chi connectivity index (χ4n) is 2.75. The molecule has 0 bridgehead atoms. The van der Waals surface area contributed by atoms with Crippen LogP contribution >= 0.6 is 0 Å². The maximum atomic E-state index is 13.1. The first-order valence-corrected chi connectivity index (χ1v) is 8.82. The van der Waals surface area contributed by atoms with Crippen LogP contribution in [0.25, 0.3) is 22.7 Å². The molecule has 3 aromatic heterocycles. The minimum absolute atomic E-state index is 0.176. The third kappa shape index (κ3) is 4.13. The van der Waals surface area contributed by atoms with Crippen LogP contribution in [0.1, 0.15) is 10.5 Å². The molecule has 0 aliphatic carbocycles. The van der Waals surface area contributed by atoms with Crippen LogP contribution in [0.3, 0.4) is 0 Å². The highest BCUT2D eigenvalue weighted by atomic mass is 19.1. The molecule has 0 unspecified atom stereocenters. The van der Waals surface area contributed by atoms with Crippen LogP contribution in [-0.4, -0.2) is 32.4 Å². The van der Waals surface area contributed by atoms with Gasteiger partial charge in [0.2, 0.25) is 0 Å². The molecule has 4 aromatic rings. The van der Waals surface area contributed by atoms with Crippen molar-refractivity contribution in [3.05, 3.63) is 82.7 Å². The van der Waals surface area contributed by atoms with Crippen molar-refractivity contribution in [1.29, 1.82) is 0 Å². The third-order valence-corrected chi connectivity index (χ3v) is 4.21. The van der Waals surface area contributed by atoms with Crippen molar-refractivity contribution in [2.75, 3.05) is 6.54 Å². The van der Waals surface area contributed by atoms with Crippen LogP contribution in [0.15, 0.2) is 70.1 Å². The molecule has 0 atom stereocenters. The van der Waals surface area contributed by atoms with Crippen LogP contribution in [0.2, 0.25) is 0 Å². The van der Waals surface area contributed by atoms with Crippen LogP contribution in [-0.2, 0) is 6.54 Å². The zero-order valence-corrected chi connectivity index (χ0v) is 15.1. The summed E-state index contributed by atoms with van der Waals surface area (Å²) in [6.45, 7) is 0.358. The maximum Gasteiger partial charge on any atom is 0.271 e. The summed E-state index contributed by atoms with van der Waals surface area (Å²) in [7, 11) is 0. The summed E-state index contributed by atoms with van der Waals surface area (Å²) in [6.07, 6.45) is 1.53. The molecule has 0 spiro atoms. The Morgan fingerprint density at radius 2 is 2.00 bits per heavy atom. The molecule has 3 heterocycles. The first kappa shape index (κ1) is 18.4. The van der Waals surface area contributed by atoms with Crippen molar-refractivity contribution >= 4 is 5.91 Å². The van der Waals surface area contributed by atoms with E-state index in [4.69, 9.17) is 4.42 Å². The number of nitrogens with zero attached hydrogens (tertiary/aromatic N) is 3. The SMILES string of the molecule is O=C(NCCn1nc(-c2ccc(F)cc2)ccc1=O)c1cc(-c2ccco2)[nH]n1. The summed E-state index contributed by atoms with van der Waals surface area (Å²) in [5.74, 6) is -0.162. The van der Waals surface area contributed by atoms with Gasteiger partial charge in [-0.2, -0.15) is 10.2 Å². The van der Waals surface area contributed by atoms with E-state index in [1.165, 1.54) is 29.1 Å². The van der Waals surface area contributed by atoms with Crippen LogP contribution in [0, 0.1) is 5.82 Å². The van der Waals surface area contributed by atoms with Gasteiger partial charge in [0.25, 0.3) is 11.5 Å². The topological polar surface area (TPSA) is 106 Å². The van der Waals surface area contributed by atoms with Crippen LogP contribution in [0.5, 0.6) is 0 Å². The molecule has 1 aromatic carbocycles. The van der Waals surface area contributed by atoms with Gasteiger partial charge in [-0.25, -0.2) is 9.07 Å². The van der Waals surface area contributed by atoms with E-state index >= 15 is 0 Å². The quantitative estimate of drug-likeness (QED) is 0.523. The molecule has 146 valence electrons. The molecule has 2 N–H and O–H groups in total. The number of H-pyrrole nitrogens is 1. The molecule has 0 radical (unpaired) electrons. The Balaban J connectivity index is 1.40. The number of halogens is 1. The number of aromatic amines is 1. The second-order valence-corrected chi connectivity index (χ2v) is 6.19. The highest BCUT2D eigenvalue weighted by Gasteiger charge is 2.12. The van der Waals surface area contributed by atoms with Crippen molar-refractivity contribution in [3.63, 3.8) is 0 Å². The van der Waals surface area contributed by atoms with Gasteiger partial charge in [0, 0.05) is 24.2 Å². The number of carbonyl (C=O) groups excluding carboxylic acids is 1. The Labute approximate surface area is 164 Å². The molecule has 9 heteroatoms. The molecular weight excluding hydrogens is 377 g/mol. The summed E-state index contributed by atoms with van der Waals surface area (Å²) in [4.78, 5) is 24.3. The average Bonchev–Trinajstić information content (AvgIpc) is 3.42. The second kappa shape index (κ2) is 7.93. The minimum Gasteiger partial charge on any atom is -0.463 e. The molecule has 0 aliphatic rings. The summed E-state index contributed by atoms with van der Waals surface area (Å²) in [5.41, 5.74) is 1.71. The van der Waals surface area contributed by atoms with Gasteiger partial charge in [-0.1, -0.05) is 0 Å². The molecule has 29 heavy (non-hydrogen) atoms. The Morgan fingerprint density at radius 1 is 1.17 bits per heavy atom. The highest BCUT2D eigenvalue weighted by Crippen LogP contribution is 2.18. The molecular formula is C20H16FN5O3. The molecule has 0 fully saturated rings. The number of aromatic nitrogens is 4. The van der Waals surface area contributed by atoms with Crippen molar-refractivity contribution in [2.24, 2.45) is 0 Å². The molecule has 0 saturated heterocycles. The van der Waals surface area contributed by atoms with E-state index in [1.807, 2.05) is 0 Å². The zero-order valence-electron chi connectivity index (χ0n) is 15.1. The van der Waals surface area contributed by atoms with E-state index in [2.05, 4.69) is 20.6 Å². The lowest BCUT2D eigenvalue weighted by atomic mass is 10.1. The largest absolute Gasteiger partial charge is 0.463 e. The van der Waals surface area contributed by atoms with Crippen LogP contribution < -0.4 is 10.9 Å². The minimum atomic E-state index is -0.387. The van der Waals surface area contributed by atoms with Crippen molar-refractivity contribution < 1.29 is 13.6 Å². The summed E-state index contributed by atoms with van der Waals surface area (Å²) < 4.78 is 19.6. The molecule has 8 nitrogen and oxygen atoms in total. The average molecular weight is 393 g/mol. The number of rotatable bonds is 6. The van der Waals surface area contributed by atoms with E-state index in [1.54, 1.807) is 36.4 Å². The van der Waals surface area contributed by atoms with E-state index in [0.717, 1.165) is 0 Å². The summed E-state index contributed by atoms with van der Waals surface area (Å²) in [6, 6.07) is 13.9. The lowest BCUT2D eigenvalue weighted by molar-refractivity contribution is 0.0946. The van der Waals surface area contributed by atoms with Gasteiger partial charge in [0.15, 0.2) is 11.5 Å². The lowest BCUT2D eigenvalue weighted by Gasteiger charge is -2.08. The van der Waals surface area contributed by atoms with Gasteiger partial charge in [0.05, 0.1) is 18.5 Å². The number of furan rings is 1. The van der Waals surface area contributed by atoms with E-state index < -0.39 is 0 Å². The second-order valence-electron chi connectivity index (χ2n) is 6.19. The molecule has 0 saturated carbocycles. The molecule has 4 rings (SSSR count). The third-order valence-electron chi connectivity index (χ3n) is 4.21. The number of nitrogens with one attached hydrogen (secondary N) is 2. The Morgan fingerprint density at radius 3 is 2.76 bits per heavy atom. The zero-order chi connectivity index (χ0) is 20.2. The summed E-state index contributed by atoms with van der Waals surface area (Å²) in [5, 5.41) is 13.7. The van der Waals surface area contributed by atoms with Crippen molar-refractivity contribution in [3.8, 4) is 22.7 Å². The Bertz CT molecular complexity index is 1180. The van der Waals surface area contributed by atoms with Gasteiger partial charge < -0.3 is 9.73 Å². The first-order chi connectivity index (χ1) is 14.1. The normalized spacial score (nSPS) is 10.8. The van der Waals surface area contributed by atoms with E-state index in [-0.39, 0.29) is 36.1 Å². The van der Waals surface area contributed by atoms with Gasteiger partial charge in [-0.3, -0.25) is 14.7 Å². The van der Waals surface area contributed by atoms with Gasteiger partial charge in [-0.15, -0.1) is 0 Å². The maximum absolute atomic E-state index is 13.1. The smallest absolute Gasteiger partial charge is 0.271 e. The number of benzene rings is 1. The Kier molecular flexibility index (Phi) is 5.02. The van der Waals surface area contributed by atoms with Gasteiger partial charge >= 0.3 is 0 Å². The number of amides is 1. The van der Waals surface area contributed by atoms with Crippen molar-refractivity contribution in [1.82, 2.24) is 25.3 Å². The monoisotopic (exact) mass is 393 g/mol. The lowest BCUT2D eigenvalue weighted by Crippen LogP contribution is -2.32. The van der Waals surface area contributed by atoms with Gasteiger partial charge in [-0.05, 0) is 42.5 Å². The fourth-order valence-corrected chi connectivity index (χ4v) is 2.75. The number of carbonyl (C=O) groups is 1. The Hall–Kier alpha value is -4.01. The van der Waals surface area contributed by atoms with E-state index in [0.29, 0.717) is 22.7 Å². The summed E-state index contributed by atoms with van der Waals surface area (Å²) >= 11 is 0. The predicted octanol–water partition coefficient (Wildman–Crippen LogP) is 2.46. The number of hydrogen-bond donors (Lipinski definition) is 2. The van der Waals surface area contributed by atoms with Crippen LogP contribution in [0.4, 0.5) is 4.39 Å². The van der Waals surface area contributed by atoms with Gasteiger partial charge in [0.1, 0.15) is 11.5 Å². The standard InChI is InChI=1S/C20H16FN5O3/c21-14-5-3-13(4-6-14)15-7-8-19(27)26(25-15)10-9-22-20(28)17-12-16(23-24-17)18-2-1-11-29-18/h1-8,11-12H,9-10H2,(H,22,28)(H,23,24). The predicted molar refractivity (Wildman–Crippen MR) is 103 cm³/mol. The number of hydrogen-bond acceptors (Lipinski definition) is 5. The molecule has 1 amide bonds. The van der Waals surface area contributed by atoms with Crippen molar-refractivity contribution in [2.45, 2.75) is 6.54 Å².